The van der Waals surface area contributed by atoms with Gasteiger partial charge in [-0.05, 0) is 56.0 Å². The number of methoxy groups -OCH3 is 1. The van der Waals surface area contributed by atoms with Gasteiger partial charge in [0, 0.05) is 23.2 Å². The van der Waals surface area contributed by atoms with E-state index in [0.717, 1.165) is 29.2 Å². The van der Waals surface area contributed by atoms with Gasteiger partial charge in [-0.1, -0.05) is 70.4 Å². The summed E-state index contributed by atoms with van der Waals surface area (Å²) in [6.45, 7) is 10.0. The van der Waals surface area contributed by atoms with Gasteiger partial charge in [0.25, 0.3) is 5.56 Å². The van der Waals surface area contributed by atoms with Crippen LogP contribution in [0.5, 0.6) is 5.75 Å². The average Bonchev–Trinajstić information content (AvgIpc) is 3.33. The zero-order valence-electron chi connectivity index (χ0n) is 24.4. The molecule has 2 heterocycles. The Kier molecular flexibility index (Phi) is 8.13. The molecule has 0 radical (unpaired) electrons. The maximum atomic E-state index is 14.9. The van der Waals surface area contributed by atoms with Crippen molar-refractivity contribution in [2.24, 2.45) is 5.92 Å². The summed E-state index contributed by atoms with van der Waals surface area (Å²) in [6, 6.07) is 14.3. The SMILES string of the molecule is COc1cccc(-c2c(C)n(Cc3ccccc3F)c3nc(C(C)(C)C)c(CNCC4CCCCC4)n3c2=O)c1. The maximum absolute atomic E-state index is 14.9. The lowest BCUT2D eigenvalue weighted by Crippen LogP contribution is -2.29. The molecular formula is C33H41FN4O2. The normalized spacial score (nSPS) is 14.7. The van der Waals surface area contributed by atoms with E-state index in [2.05, 4.69) is 26.1 Å². The van der Waals surface area contributed by atoms with Gasteiger partial charge >= 0.3 is 0 Å². The van der Waals surface area contributed by atoms with Crippen LogP contribution in [0.2, 0.25) is 0 Å². The zero-order chi connectivity index (χ0) is 28.4. The van der Waals surface area contributed by atoms with Crippen LogP contribution >= 0.6 is 0 Å². The molecule has 0 atom stereocenters. The van der Waals surface area contributed by atoms with Crippen LogP contribution in [0.15, 0.2) is 53.3 Å². The minimum absolute atomic E-state index is 0.122. The molecule has 40 heavy (non-hydrogen) atoms. The van der Waals surface area contributed by atoms with Crippen LogP contribution in [0, 0.1) is 18.7 Å². The highest BCUT2D eigenvalue weighted by Crippen LogP contribution is 2.30. The van der Waals surface area contributed by atoms with Crippen molar-refractivity contribution < 1.29 is 9.13 Å². The fourth-order valence-electron chi connectivity index (χ4n) is 6.03. The molecule has 6 nitrogen and oxygen atoms in total. The van der Waals surface area contributed by atoms with Gasteiger partial charge in [0.15, 0.2) is 0 Å². The monoisotopic (exact) mass is 544 g/mol. The summed E-state index contributed by atoms with van der Waals surface area (Å²) in [5.74, 6) is 1.60. The van der Waals surface area contributed by atoms with Crippen molar-refractivity contribution in [3.05, 3.63) is 87.3 Å². The molecular weight excluding hydrogens is 503 g/mol. The standard InChI is InChI=1S/C33H41FN4O2/c1-22-29(24-15-11-16-26(18-24)40-5)31(39)38-28(20-35-19-23-12-7-6-8-13-23)30(33(2,3)4)36-32(38)37(22)21-25-14-9-10-17-27(25)34/h9-11,14-18,23,35H,6-8,12-13,19-21H2,1-5H3. The molecule has 1 aliphatic rings. The molecule has 0 bridgehead atoms. The summed E-state index contributed by atoms with van der Waals surface area (Å²) in [5.41, 5.74) is 3.95. The van der Waals surface area contributed by atoms with E-state index < -0.39 is 0 Å². The third-order valence-electron chi connectivity index (χ3n) is 8.19. The number of rotatable bonds is 8. The molecule has 1 N–H and O–H groups in total. The number of fused-ring (bicyclic) bond motifs is 1. The van der Waals surface area contributed by atoms with Crippen LogP contribution in [0.4, 0.5) is 4.39 Å². The van der Waals surface area contributed by atoms with E-state index in [4.69, 9.17) is 9.72 Å². The van der Waals surface area contributed by atoms with Crippen molar-refractivity contribution in [3.8, 4) is 16.9 Å². The van der Waals surface area contributed by atoms with Crippen molar-refractivity contribution >= 4 is 5.78 Å². The Morgan fingerprint density at radius 1 is 1.07 bits per heavy atom. The molecule has 0 unspecified atom stereocenters. The quantitative estimate of drug-likeness (QED) is 0.270. The Balaban J connectivity index is 1.72. The molecule has 7 heteroatoms. The van der Waals surface area contributed by atoms with Crippen molar-refractivity contribution in [3.63, 3.8) is 0 Å². The fourth-order valence-corrected chi connectivity index (χ4v) is 6.03. The summed E-state index contributed by atoms with van der Waals surface area (Å²) >= 11 is 0. The second kappa shape index (κ2) is 11.6. The van der Waals surface area contributed by atoms with E-state index in [9.17, 15) is 9.18 Å². The third-order valence-corrected chi connectivity index (χ3v) is 8.19. The number of aromatic nitrogens is 3. The fraction of sp³-hybridized carbons (Fsp3) is 0.455. The van der Waals surface area contributed by atoms with Gasteiger partial charge in [-0.25, -0.2) is 13.8 Å². The molecule has 2 aromatic carbocycles. The molecule has 5 rings (SSSR count). The first kappa shape index (κ1) is 28.1. The largest absolute Gasteiger partial charge is 0.497 e. The van der Waals surface area contributed by atoms with Crippen LogP contribution < -0.4 is 15.6 Å². The lowest BCUT2D eigenvalue weighted by molar-refractivity contribution is 0.341. The second-order valence-corrected chi connectivity index (χ2v) is 12.1. The summed E-state index contributed by atoms with van der Waals surface area (Å²) in [6.07, 6.45) is 6.41. The third kappa shape index (κ3) is 5.57. The van der Waals surface area contributed by atoms with Crippen LogP contribution in [-0.2, 0) is 18.5 Å². The molecule has 1 fully saturated rings. The summed E-state index contributed by atoms with van der Waals surface area (Å²) in [5, 5.41) is 3.67. The van der Waals surface area contributed by atoms with Gasteiger partial charge in [-0.2, -0.15) is 0 Å². The van der Waals surface area contributed by atoms with Crippen molar-refractivity contribution in [2.75, 3.05) is 13.7 Å². The van der Waals surface area contributed by atoms with Crippen LogP contribution in [0.3, 0.4) is 0 Å². The molecule has 2 aromatic heterocycles. The molecule has 1 saturated carbocycles. The van der Waals surface area contributed by atoms with Gasteiger partial charge in [-0.15, -0.1) is 0 Å². The first-order valence-corrected chi connectivity index (χ1v) is 14.4. The molecule has 0 aliphatic heterocycles. The first-order chi connectivity index (χ1) is 19.2. The van der Waals surface area contributed by atoms with Gasteiger partial charge in [-0.3, -0.25) is 4.79 Å². The predicted octanol–water partition coefficient (Wildman–Crippen LogP) is 6.63. The Bertz CT molecular complexity index is 1560. The van der Waals surface area contributed by atoms with E-state index in [0.29, 0.717) is 35.1 Å². The Morgan fingerprint density at radius 2 is 1.82 bits per heavy atom. The minimum Gasteiger partial charge on any atom is -0.497 e. The molecule has 1 aliphatic carbocycles. The van der Waals surface area contributed by atoms with Crippen LogP contribution in [0.25, 0.3) is 16.9 Å². The van der Waals surface area contributed by atoms with E-state index in [1.807, 2.05) is 41.8 Å². The number of benzene rings is 2. The molecule has 0 amide bonds. The highest BCUT2D eigenvalue weighted by molar-refractivity contribution is 5.68. The van der Waals surface area contributed by atoms with Gasteiger partial charge in [0.2, 0.25) is 5.78 Å². The van der Waals surface area contributed by atoms with E-state index in [1.54, 1.807) is 23.6 Å². The molecule has 4 aromatic rings. The second-order valence-electron chi connectivity index (χ2n) is 12.1. The topological polar surface area (TPSA) is 60.6 Å². The number of hydrogen-bond acceptors (Lipinski definition) is 4. The summed E-state index contributed by atoms with van der Waals surface area (Å²) < 4.78 is 24.1. The number of nitrogens with zero attached hydrogens (tertiary/aromatic N) is 3. The Morgan fingerprint density at radius 3 is 2.52 bits per heavy atom. The van der Waals surface area contributed by atoms with Crippen LogP contribution in [-0.4, -0.2) is 27.6 Å². The van der Waals surface area contributed by atoms with Crippen molar-refractivity contribution in [2.45, 2.75) is 78.3 Å². The minimum atomic E-state index is -0.291. The lowest BCUT2D eigenvalue weighted by atomic mass is 9.89. The predicted molar refractivity (Wildman–Crippen MR) is 159 cm³/mol. The highest BCUT2D eigenvalue weighted by atomic mass is 19.1. The Labute approximate surface area is 236 Å². The smallest absolute Gasteiger partial charge is 0.267 e. The zero-order valence-corrected chi connectivity index (χ0v) is 24.4. The first-order valence-electron chi connectivity index (χ1n) is 14.4. The van der Waals surface area contributed by atoms with Crippen LogP contribution in [0.1, 0.15) is 75.5 Å². The molecule has 212 valence electrons. The van der Waals surface area contributed by atoms with Gasteiger partial charge in [0.1, 0.15) is 11.6 Å². The number of imidazole rings is 1. The van der Waals surface area contributed by atoms with Crippen molar-refractivity contribution in [1.29, 1.82) is 0 Å². The summed E-state index contributed by atoms with van der Waals surface area (Å²) in [4.78, 5) is 19.5. The molecule has 0 spiro atoms. The van der Waals surface area contributed by atoms with E-state index in [1.165, 1.54) is 38.2 Å². The Hall–Kier alpha value is -3.45. The van der Waals surface area contributed by atoms with Gasteiger partial charge in [0.05, 0.1) is 30.6 Å². The number of nitrogens with one attached hydrogen (secondary N) is 1. The van der Waals surface area contributed by atoms with E-state index >= 15 is 0 Å². The molecule has 0 saturated heterocycles. The number of hydrogen-bond donors (Lipinski definition) is 1. The summed E-state index contributed by atoms with van der Waals surface area (Å²) in [7, 11) is 1.62. The van der Waals surface area contributed by atoms with Crippen molar-refractivity contribution in [1.82, 2.24) is 19.3 Å². The highest BCUT2D eigenvalue weighted by Gasteiger charge is 2.29. The number of halogens is 1. The van der Waals surface area contributed by atoms with Gasteiger partial charge < -0.3 is 14.6 Å². The number of ether oxygens (including phenoxy) is 1. The average molecular weight is 545 g/mol. The maximum Gasteiger partial charge on any atom is 0.267 e. The lowest BCUT2D eigenvalue weighted by Gasteiger charge is -2.23. The van der Waals surface area contributed by atoms with E-state index in [-0.39, 0.29) is 23.3 Å².